The smallest absolute Gasteiger partial charge is 0.303 e. The fourth-order valence-corrected chi connectivity index (χ4v) is 1.71. The van der Waals surface area contributed by atoms with Gasteiger partial charge >= 0.3 is 47.8 Å². The summed E-state index contributed by atoms with van der Waals surface area (Å²) in [5, 5.41) is 64.4. The zero-order chi connectivity index (χ0) is 29.8. The molecule has 0 heterocycles. The molecule has 0 saturated carbocycles. The molecule has 0 amide bonds. The first-order chi connectivity index (χ1) is 17.0. The Balaban J connectivity index is -0.000000197. The minimum absolute atomic E-state index is 0.0628. The van der Waals surface area contributed by atoms with E-state index in [-0.39, 0.29) is 57.8 Å². The maximum absolute atomic E-state index is 9.90. The van der Waals surface area contributed by atoms with Gasteiger partial charge in [-0.2, -0.15) is 0 Å². The van der Waals surface area contributed by atoms with Crippen LogP contribution in [0.25, 0.3) is 0 Å². The van der Waals surface area contributed by atoms with Gasteiger partial charge in [-0.3, -0.25) is 38.4 Å². The predicted molar refractivity (Wildman–Crippen MR) is 121 cm³/mol. The molecule has 214 valence electrons. The lowest BCUT2D eigenvalue weighted by atomic mass is 10.2. The summed E-state index contributed by atoms with van der Waals surface area (Å²) in [5.74, 6) is -7.53. The first-order valence-electron chi connectivity index (χ1n) is 10.8. The second-order valence-electron chi connectivity index (χ2n) is 6.92. The van der Waals surface area contributed by atoms with Crippen molar-refractivity contribution >= 4 is 47.8 Å². The second-order valence-corrected chi connectivity index (χ2v) is 6.92. The third kappa shape index (κ3) is 65.3. The number of aliphatic carboxylic acids is 8. The highest BCUT2D eigenvalue weighted by atomic mass is 16.4. The highest BCUT2D eigenvalue weighted by Gasteiger charge is 2.01. The lowest BCUT2D eigenvalue weighted by Crippen LogP contribution is -2.00. The van der Waals surface area contributed by atoms with E-state index in [1.807, 2.05) is 0 Å². The average molecular weight is 542 g/mol. The zero-order valence-corrected chi connectivity index (χ0v) is 20.0. The monoisotopic (exact) mass is 542 g/mol. The summed E-state index contributed by atoms with van der Waals surface area (Å²) in [6.07, 6.45) is 1.53. The van der Waals surface area contributed by atoms with Crippen molar-refractivity contribution in [1.82, 2.24) is 0 Å². The third-order valence-electron chi connectivity index (χ3n) is 3.40. The molecule has 0 spiro atoms. The van der Waals surface area contributed by atoms with Crippen LogP contribution in [0.3, 0.4) is 0 Å². The largest absolute Gasteiger partial charge is 0.481 e. The molecule has 0 aliphatic rings. The fourth-order valence-electron chi connectivity index (χ4n) is 1.71. The molecule has 0 aliphatic carbocycles. The van der Waals surface area contributed by atoms with Gasteiger partial charge in [0.1, 0.15) is 0 Å². The maximum atomic E-state index is 9.90. The van der Waals surface area contributed by atoms with Crippen molar-refractivity contribution in [3.8, 4) is 0 Å². The fraction of sp³-hybridized carbons (Fsp3) is 0.619. The van der Waals surface area contributed by atoms with Gasteiger partial charge in [-0.25, -0.2) is 0 Å². The molecule has 8 N–H and O–H groups in total. The summed E-state index contributed by atoms with van der Waals surface area (Å²) in [6.45, 7) is 0. The lowest BCUT2D eigenvalue weighted by molar-refractivity contribution is -0.143. The van der Waals surface area contributed by atoms with E-state index in [9.17, 15) is 38.4 Å². The molecule has 0 aromatic rings. The minimum atomic E-state index is -1.08. The molecule has 16 nitrogen and oxygen atoms in total. The Kier molecular flexibility index (Phi) is 30.2. The molecule has 0 atom stereocenters. The Bertz CT molecular complexity index is 636. The lowest BCUT2D eigenvalue weighted by Gasteiger charge is -1.92. The third-order valence-corrected chi connectivity index (χ3v) is 3.40. The van der Waals surface area contributed by atoms with E-state index in [1.165, 1.54) is 0 Å². The van der Waals surface area contributed by atoms with Crippen LogP contribution in [-0.4, -0.2) is 88.6 Å². The van der Waals surface area contributed by atoms with E-state index in [0.717, 1.165) is 0 Å². The van der Waals surface area contributed by atoms with Gasteiger partial charge < -0.3 is 40.9 Å². The summed E-state index contributed by atoms with van der Waals surface area (Å²) >= 11 is 0. The summed E-state index contributed by atoms with van der Waals surface area (Å²) < 4.78 is 0. The SMILES string of the molecule is O=C(O)CCC(=O)O.O=C(O)CCCC(=O)O.O=C(O)CCCCC(=O)O.O=C(O)CCCCC(=O)O. The molecular weight excluding hydrogens is 508 g/mol. The second kappa shape index (κ2) is 28.0. The van der Waals surface area contributed by atoms with Crippen molar-refractivity contribution in [1.29, 1.82) is 0 Å². The van der Waals surface area contributed by atoms with Gasteiger partial charge in [0.2, 0.25) is 0 Å². The van der Waals surface area contributed by atoms with Crippen LogP contribution >= 0.6 is 0 Å². The summed E-state index contributed by atoms with van der Waals surface area (Å²) in [7, 11) is 0. The minimum Gasteiger partial charge on any atom is -0.481 e. The van der Waals surface area contributed by atoms with E-state index < -0.39 is 47.8 Å². The van der Waals surface area contributed by atoms with Crippen LogP contribution in [-0.2, 0) is 38.4 Å². The number of rotatable bonds is 17. The number of carbonyl (C=O) groups is 8. The Labute approximate surface area is 211 Å². The molecule has 0 aromatic carbocycles. The standard InChI is InChI=1S/2C6H10O4.C5H8O4.C4H6O4/c2*7-5(8)3-1-2-4-6(9)10;6-4(7)2-1-3-5(8)9;5-3(6)1-2-4(7)8/h2*1-4H2,(H,7,8)(H,9,10);1-3H2,(H,6,7)(H,8,9);1-2H2,(H,5,6)(H,7,8). The predicted octanol–water partition coefficient (Wildman–Crippen LogP) is 1.69. The molecule has 0 radical (unpaired) electrons. The number of hydrogen-bond acceptors (Lipinski definition) is 8. The van der Waals surface area contributed by atoms with Gasteiger partial charge in [-0.1, -0.05) is 0 Å². The van der Waals surface area contributed by atoms with Gasteiger partial charge in [0.05, 0.1) is 12.8 Å². The molecule has 37 heavy (non-hydrogen) atoms. The van der Waals surface area contributed by atoms with Crippen molar-refractivity contribution in [3.63, 3.8) is 0 Å². The van der Waals surface area contributed by atoms with E-state index in [4.69, 9.17) is 40.9 Å². The van der Waals surface area contributed by atoms with Crippen molar-refractivity contribution < 1.29 is 79.2 Å². The Morgan fingerprint density at radius 3 is 0.514 bits per heavy atom. The van der Waals surface area contributed by atoms with Crippen molar-refractivity contribution in [2.75, 3.05) is 0 Å². The highest BCUT2D eigenvalue weighted by Crippen LogP contribution is 1.99. The van der Waals surface area contributed by atoms with Crippen molar-refractivity contribution in [3.05, 3.63) is 0 Å². The summed E-state index contributed by atoms with van der Waals surface area (Å²) in [4.78, 5) is 78.4. The van der Waals surface area contributed by atoms with Crippen LogP contribution in [0.4, 0.5) is 0 Å². The highest BCUT2D eigenvalue weighted by molar-refractivity contribution is 5.75. The molecule has 0 rings (SSSR count). The molecule has 0 aliphatic heterocycles. The van der Waals surface area contributed by atoms with Gasteiger partial charge in [0.15, 0.2) is 0 Å². The van der Waals surface area contributed by atoms with Crippen LogP contribution in [0.15, 0.2) is 0 Å². The number of hydrogen-bond donors (Lipinski definition) is 8. The Hall–Kier alpha value is -4.24. The quantitative estimate of drug-likeness (QED) is 0.121. The van der Waals surface area contributed by atoms with E-state index in [2.05, 4.69) is 0 Å². The van der Waals surface area contributed by atoms with Crippen molar-refractivity contribution in [2.24, 2.45) is 0 Å². The van der Waals surface area contributed by atoms with E-state index >= 15 is 0 Å². The number of carboxylic acids is 8. The molecule has 0 fully saturated rings. The van der Waals surface area contributed by atoms with Crippen LogP contribution < -0.4 is 0 Å². The molecule has 0 aromatic heterocycles. The maximum Gasteiger partial charge on any atom is 0.303 e. The van der Waals surface area contributed by atoms with Crippen LogP contribution in [0, 0.1) is 0 Å². The summed E-state index contributed by atoms with van der Waals surface area (Å²) in [6, 6.07) is 0. The molecule has 16 heteroatoms. The van der Waals surface area contributed by atoms with Gasteiger partial charge in [-0.05, 0) is 32.1 Å². The van der Waals surface area contributed by atoms with E-state index in [0.29, 0.717) is 25.7 Å². The summed E-state index contributed by atoms with van der Waals surface area (Å²) in [5.41, 5.74) is 0. The van der Waals surface area contributed by atoms with Crippen LogP contribution in [0.5, 0.6) is 0 Å². The first kappa shape index (κ1) is 40.0. The van der Waals surface area contributed by atoms with Gasteiger partial charge in [0, 0.05) is 38.5 Å². The number of carboxylic acid groups (broad SMARTS) is 8. The van der Waals surface area contributed by atoms with Gasteiger partial charge in [-0.15, -0.1) is 0 Å². The molecule has 0 saturated heterocycles. The van der Waals surface area contributed by atoms with Crippen LogP contribution in [0.2, 0.25) is 0 Å². The molecule has 0 unspecified atom stereocenters. The Morgan fingerprint density at radius 1 is 0.243 bits per heavy atom. The van der Waals surface area contributed by atoms with Gasteiger partial charge in [0.25, 0.3) is 0 Å². The normalized spacial score (nSPS) is 8.97. The van der Waals surface area contributed by atoms with Crippen LogP contribution in [0.1, 0.15) is 83.5 Å². The first-order valence-corrected chi connectivity index (χ1v) is 10.8. The number of unbranched alkanes of at least 4 members (excludes halogenated alkanes) is 2. The average Bonchev–Trinajstić information content (AvgIpc) is 2.73. The Morgan fingerprint density at radius 2 is 0.378 bits per heavy atom. The van der Waals surface area contributed by atoms with Crippen molar-refractivity contribution in [2.45, 2.75) is 83.5 Å². The topological polar surface area (TPSA) is 298 Å². The van der Waals surface area contributed by atoms with E-state index in [1.54, 1.807) is 0 Å². The molecular formula is C21H34O16. The zero-order valence-electron chi connectivity index (χ0n) is 20.0. The molecule has 0 bridgehead atoms.